The van der Waals surface area contributed by atoms with Crippen LogP contribution < -0.4 is 5.63 Å². The van der Waals surface area contributed by atoms with Crippen molar-refractivity contribution in [2.24, 2.45) is 11.8 Å². The molecule has 2 aromatic rings. The Labute approximate surface area is 122 Å². The molecular weight excluding hydrogens is 268 g/mol. The fourth-order valence-corrected chi connectivity index (χ4v) is 2.55. The Balaban J connectivity index is 1.93. The predicted molar refractivity (Wildman–Crippen MR) is 79.0 cm³/mol. The van der Waals surface area contributed by atoms with E-state index in [1.807, 2.05) is 32.9 Å². The molecule has 1 aromatic carbocycles. The Kier molecular flexibility index (Phi) is 3.32. The summed E-state index contributed by atoms with van der Waals surface area (Å²) in [4.78, 5) is 23.5. The average Bonchev–Trinajstić information content (AvgIpc) is 3.17. The minimum absolute atomic E-state index is 0.0281. The first-order valence-corrected chi connectivity index (χ1v) is 7.17. The van der Waals surface area contributed by atoms with E-state index in [0.717, 1.165) is 22.9 Å². The van der Waals surface area contributed by atoms with Gasteiger partial charge in [-0.1, -0.05) is 19.1 Å². The summed E-state index contributed by atoms with van der Waals surface area (Å²) >= 11 is 0. The van der Waals surface area contributed by atoms with E-state index in [4.69, 9.17) is 9.15 Å². The summed E-state index contributed by atoms with van der Waals surface area (Å²) in [7, 11) is 0. The minimum atomic E-state index is -0.415. The highest BCUT2D eigenvalue weighted by Crippen LogP contribution is 2.38. The van der Waals surface area contributed by atoms with Crippen molar-refractivity contribution in [3.8, 4) is 0 Å². The summed E-state index contributed by atoms with van der Waals surface area (Å²) in [6, 6.07) is 5.29. The second kappa shape index (κ2) is 5.02. The zero-order chi connectivity index (χ0) is 15.1. The Morgan fingerprint density at radius 3 is 2.76 bits per heavy atom. The van der Waals surface area contributed by atoms with Crippen molar-refractivity contribution in [2.75, 3.05) is 0 Å². The Hall–Kier alpha value is -2.10. The van der Waals surface area contributed by atoms with Crippen LogP contribution in [0, 0.1) is 25.7 Å². The number of benzene rings is 1. The molecule has 4 nitrogen and oxygen atoms in total. The molecule has 0 saturated heterocycles. The first kappa shape index (κ1) is 13.9. The number of hydrogen-bond donors (Lipinski definition) is 0. The lowest BCUT2D eigenvalue weighted by Gasteiger charge is -2.09. The molecule has 0 bridgehead atoms. The minimum Gasteiger partial charge on any atom is -0.461 e. The average molecular weight is 286 g/mol. The largest absolute Gasteiger partial charge is 0.461 e. The molecule has 0 amide bonds. The van der Waals surface area contributed by atoms with Crippen LogP contribution in [0.1, 0.15) is 30.0 Å². The number of rotatable bonds is 3. The molecule has 110 valence electrons. The lowest BCUT2D eigenvalue weighted by Crippen LogP contribution is -2.10. The van der Waals surface area contributed by atoms with Gasteiger partial charge in [0.25, 0.3) is 0 Å². The van der Waals surface area contributed by atoms with E-state index in [9.17, 15) is 9.59 Å². The summed E-state index contributed by atoms with van der Waals surface area (Å²) in [6.07, 6.45) is 0.898. The number of aryl methyl sites for hydroxylation is 2. The molecule has 0 radical (unpaired) electrons. The van der Waals surface area contributed by atoms with E-state index in [0.29, 0.717) is 17.1 Å². The number of esters is 1. The maximum absolute atomic E-state index is 11.8. The second-order valence-electron chi connectivity index (χ2n) is 5.90. The van der Waals surface area contributed by atoms with Gasteiger partial charge < -0.3 is 9.15 Å². The quantitative estimate of drug-likeness (QED) is 0.642. The van der Waals surface area contributed by atoms with Gasteiger partial charge in [0.1, 0.15) is 12.2 Å². The molecule has 1 saturated carbocycles. The predicted octanol–water partition coefficient (Wildman–Crippen LogP) is 3.11. The van der Waals surface area contributed by atoms with Crippen molar-refractivity contribution in [1.29, 1.82) is 0 Å². The zero-order valence-electron chi connectivity index (χ0n) is 12.4. The molecule has 4 heteroatoms. The van der Waals surface area contributed by atoms with E-state index >= 15 is 0 Å². The highest BCUT2D eigenvalue weighted by atomic mass is 16.5. The zero-order valence-corrected chi connectivity index (χ0v) is 12.4. The molecule has 21 heavy (non-hydrogen) atoms. The third-order valence-corrected chi connectivity index (χ3v) is 4.30. The van der Waals surface area contributed by atoms with Crippen LogP contribution in [0.25, 0.3) is 11.0 Å². The summed E-state index contributed by atoms with van der Waals surface area (Å²) in [5.74, 6) is 0.271. The summed E-state index contributed by atoms with van der Waals surface area (Å²) in [5, 5.41) is 0.828. The fraction of sp³-hybridized carbons (Fsp3) is 0.412. The number of ether oxygens (including phenoxy) is 1. The molecule has 3 rings (SSSR count). The standard InChI is InChI=1S/C17H18O4/c1-9-4-5-13-12(7-15(18)21-16(13)11(9)3)8-20-17(19)14-6-10(14)2/h4-5,7,10,14H,6,8H2,1-3H3/t10-,14-/m1/s1. The number of hydrogen-bond acceptors (Lipinski definition) is 4. The molecule has 0 N–H and O–H groups in total. The van der Waals surface area contributed by atoms with Gasteiger partial charge in [0.15, 0.2) is 0 Å². The van der Waals surface area contributed by atoms with E-state index in [2.05, 4.69) is 0 Å². The van der Waals surface area contributed by atoms with Crippen LogP contribution in [-0.2, 0) is 16.1 Å². The highest BCUT2D eigenvalue weighted by molar-refractivity contribution is 5.84. The van der Waals surface area contributed by atoms with E-state index in [1.54, 1.807) is 0 Å². The Bertz CT molecular complexity index is 772. The third kappa shape index (κ3) is 2.58. The number of fused-ring (bicyclic) bond motifs is 1. The number of carbonyl (C=O) groups excluding carboxylic acids is 1. The van der Waals surface area contributed by atoms with E-state index in [-0.39, 0.29) is 18.5 Å². The molecule has 1 aliphatic rings. The SMILES string of the molecule is Cc1ccc2c(COC(=O)[C@@H]3C[C@H]3C)cc(=O)oc2c1C. The van der Waals surface area contributed by atoms with Gasteiger partial charge in [-0.25, -0.2) is 4.79 Å². The van der Waals surface area contributed by atoms with Gasteiger partial charge in [0.05, 0.1) is 5.92 Å². The van der Waals surface area contributed by atoms with Crippen LogP contribution in [0.4, 0.5) is 0 Å². The monoisotopic (exact) mass is 286 g/mol. The van der Waals surface area contributed by atoms with Crippen molar-refractivity contribution in [3.05, 3.63) is 45.3 Å². The second-order valence-corrected chi connectivity index (χ2v) is 5.90. The Morgan fingerprint density at radius 2 is 2.10 bits per heavy atom. The topological polar surface area (TPSA) is 56.5 Å². The van der Waals surface area contributed by atoms with Crippen LogP contribution in [0.2, 0.25) is 0 Å². The Morgan fingerprint density at radius 1 is 1.38 bits per heavy atom. The van der Waals surface area contributed by atoms with Gasteiger partial charge in [-0.3, -0.25) is 4.79 Å². The van der Waals surface area contributed by atoms with Crippen LogP contribution in [0.5, 0.6) is 0 Å². The third-order valence-electron chi connectivity index (χ3n) is 4.30. The van der Waals surface area contributed by atoms with Crippen LogP contribution in [0.3, 0.4) is 0 Å². The van der Waals surface area contributed by atoms with Crippen molar-refractivity contribution in [1.82, 2.24) is 0 Å². The summed E-state index contributed by atoms with van der Waals surface area (Å²) in [6.45, 7) is 6.04. The molecule has 1 aliphatic carbocycles. The first-order valence-electron chi connectivity index (χ1n) is 7.17. The molecule has 1 aromatic heterocycles. The van der Waals surface area contributed by atoms with Crippen LogP contribution in [-0.4, -0.2) is 5.97 Å². The first-order chi connectivity index (χ1) is 9.97. The molecule has 0 spiro atoms. The molecular formula is C17H18O4. The number of carbonyl (C=O) groups is 1. The van der Waals surface area contributed by atoms with Gasteiger partial charge >= 0.3 is 11.6 Å². The molecule has 1 fully saturated rings. The van der Waals surface area contributed by atoms with Crippen LogP contribution in [0.15, 0.2) is 27.4 Å². The van der Waals surface area contributed by atoms with E-state index in [1.165, 1.54) is 6.07 Å². The van der Waals surface area contributed by atoms with Gasteiger partial charge in [0, 0.05) is 17.0 Å². The molecule has 1 heterocycles. The van der Waals surface area contributed by atoms with Crippen LogP contribution >= 0.6 is 0 Å². The molecule has 2 atom stereocenters. The fourth-order valence-electron chi connectivity index (χ4n) is 2.55. The van der Waals surface area contributed by atoms with Gasteiger partial charge in [0.2, 0.25) is 0 Å². The van der Waals surface area contributed by atoms with Gasteiger partial charge in [-0.15, -0.1) is 0 Å². The molecule has 0 aliphatic heterocycles. The van der Waals surface area contributed by atoms with Gasteiger partial charge in [-0.2, -0.15) is 0 Å². The smallest absolute Gasteiger partial charge is 0.336 e. The maximum Gasteiger partial charge on any atom is 0.336 e. The van der Waals surface area contributed by atoms with Gasteiger partial charge in [-0.05, 0) is 37.3 Å². The van der Waals surface area contributed by atoms with Crippen molar-refractivity contribution in [2.45, 2.75) is 33.8 Å². The van der Waals surface area contributed by atoms with Crippen molar-refractivity contribution in [3.63, 3.8) is 0 Å². The normalized spacial score (nSPS) is 20.5. The lowest BCUT2D eigenvalue weighted by molar-refractivity contribution is -0.146. The summed E-state index contributed by atoms with van der Waals surface area (Å²) in [5.41, 5.74) is 2.86. The summed E-state index contributed by atoms with van der Waals surface area (Å²) < 4.78 is 10.6. The highest BCUT2D eigenvalue weighted by Gasteiger charge is 2.40. The van der Waals surface area contributed by atoms with E-state index < -0.39 is 5.63 Å². The van der Waals surface area contributed by atoms with Crippen molar-refractivity contribution < 1.29 is 13.9 Å². The van der Waals surface area contributed by atoms with Crippen molar-refractivity contribution >= 4 is 16.9 Å². The molecule has 0 unspecified atom stereocenters. The lowest BCUT2D eigenvalue weighted by atomic mass is 10.0. The maximum atomic E-state index is 11.8.